The number of ether oxygens (including phenoxy) is 1. The molecular weight excluding hydrogens is 164 g/mol. The van der Waals surface area contributed by atoms with E-state index in [-0.39, 0.29) is 0 Å². The average molecular weight is 180 g/mol. The highest BCUT2D eigenvalue weighted by Crippen LogP contribution is 2.04. The number of hydrogen-bond acceptors (Lipinski definition) is 3. The van der Waals surface area contributed by atoms with Crippen LogP contribution in [0.25, 0.3) is 0 Å². The zero-order chi connectivity index (χ0) is 8.93. The lowest BCUT2D eigenvalue weighted by atomic mass is 10.2. The minimum Gasteiger partial charge on any atom is -0.380 e. The van der Waals surface area contributed by atoms with Crippen molar-refractivity contribution in [3.8, 4) is 0 Å². The summed E-state index contributed by atoms with van der Waals surface area (Å²) in [4.78, 5) is 6.74. The Bertz CT molecular complexity index is 215. The van der Waals surface area contributed by atoms with Crippen LogP contribution >= 0.6 is 0 Å². The summed E-state index contributed by atoms with van der Waals surface area (Å²) in [5.41, 5.74) is 1.29. The van der Waals surface area contributed by atoms with E-state index in [1.54, 1.807) is 0 Å². The van der Waals surface area contributed by atoms with Gasteiger partial charge >= 0.3 is 0 Å². The summed E-state index contributed by atoms with van der Waals surface area (Å²) < 4.78 is 5.39. The molecule has 1 fully saturated rings. The normalized spacial score (nSPS) is 24.5. The molecule has 0 aromatic carbocycles. The Hall–Kier alpha value is -0.670. The van der Waals surface area contributed by atoms with Gasteiger partial charge in [0.25, 0.3) is 0 Å². The summed E-state index contributed by atoms with van der Waals surface area (Å²) >= 11 is 0. The molecule has 0 unspecified atom stereocenters. The van der Waals surface area contributed by atoms with Crippen molar-refractivity contribution in [2.24, 2.45) is 4.99 Å². The van der Waals surface area contributed by atoms with E-state index in [0.717, 1.165) is 45.7 Å². The van der Waals surface area contributed by atoms with Gasteiger partial charge in [0.1, 0.15) is 0 Å². The molecule has 0 atom stereocenters. The van der Waals surface area contributed by atoms with Crippen molar-refractivity contribution in [2.45, 2.75) is 12.8 Å². The van der Waals surface area contributed by atoms with Crippen LogP contribution in [0.3, 0.4) is 0 Å². The highest BCUT2D eigenvalue weighted by molar-refractivity contribution is 5.89. The maximum absolute atomic E-state index is 5.39. The molecule has 0 aromatic rings. The Labute approximate surface area is 79.1 Å². The lowest BCUT2D eigenvalue weighted by Crippen LogP contribution is -2.31. The average Bonchev–Trinajstić information content (AvgIpc) is 2.49. The molecule has 72 valence electrons. The van der Waals surface area contributed by atoms with Gasteiger partial charge in [-0.1, -0.05) is 6.08 Å². The number of aliphatic imine (C=N–C) groups is 1. The molecule has 0 N–H and O–H groups in total. The van der Waals surface area contributed by atoms with Crippen molar-refractivity contribution in [3.05, 3.63) is 12.3 Å². The van der Waals surface area contributed by atoms with E-state index in [1.165, 1.54) is 5.71 Å². The van der Waals surface area contributed by atoms with Crippen LogP contribution in [-0.4, -0.2) is 43.5 Å². The fourth-order valence-corrected chi connectivity index (χ4v) is 1.72. The molecule has 2 aliphatic heterocycles. The Morgan fingerprint density at radius 2 is 2.38 bits per heavy atom. The van der Waals surface area contributed by atoms with Crippen molar-refractivity contribution < 1.29 is 4.74 Å². The van der Waals surface area contributed by atoms with Crippen LogP contribution in [-0.2, 0) is 4.74 Å². The van der Waals surface area contributed by atoms with Crippen molar-refractivity contribution in [2.75, 3.05) is 32.8 Å². The van der Waals surface area contributed by atoms with Gasteiger partial charge in [0.05, 0.1) is 6.61 Å². The molecule has 1 saturated heterocycles. The van der Waals surface area contributed by atoms with Crippen molar-refractivity contribution in [3.63, 3.8) is 0 Å². The Kier molecular flexibility index (Phi) is 3.11. The van der Waals surface area contributed by atoms with Crippen LogP contribution in [0.4, 0.5) is 0 Å². The summed E-state index contributed by atoms with van der Waals surface area (Å²) in [6.45, 7) is 5.02. The van der Waals surface area contributed by atoms with E-state index in [2.05, 4.69) is 16.0 Å². The van der Waals surface area contributed by atoms with E-state index in [9.17, 15) is 0 Å². The van der Waals surface area contributed by atoms with Crippen LogP contribution in [0.1, 0.15) is 12.8 Å². The van der Waals surface area contributed by atoms with E-state index in [4.69, 9.17) is 4.74 Å². The smallest absolute Gasteiger partial charge is 0.0593 e. The Morgan fingerprint density at radius 3 is 3.23 bits per heavy atom. The molecule has 0 saturated carbocycles. The van der Waals surface area contributed by atoms with E-state index >= 15 is 0 Å². The molecule has 0 spiro atoms. The molecular formula is C10H16N2O. The molecule has 2 heterocycles. The SMILES string of the molecule is C1=CN=C(CN2CCCOCC2)C1. The lowest BCUT2D eigenvalue weighted by Gasteiger charge is -2.18. The fourth-order valence-electron chi connectivity index (χ4n) is 1.72. The van der Waals surface area contributed by atoms with Crippen LogP contribution in [0, 0.1) is 0 Å². The van der Waals surface area contributed by atoms with E-state index < -0.39 is 0 Å². The number of hydrogen-bond donors (Lipinski definition) is 0. The van der Waals surface area contributed by atoms with E-state index in [0.29, 0.717) is 0 Å². The second-order valence-electron chi connectivity index (χ2n) is 3.53. The minimum atomic E-state index is 0.876. The first-order valence-electron chi connectivity index (χ1n) is 4.96. The monoisotopic (exact) mass is 180 g/mol. The molecule has 0 radical (unpaired) electrons. The molecule has 0 aromatic heterocycles. The van der Waals surface area contributed by atoms with Gasteiger partial charge < -0.3 is 4.74 Å². The van der Waals surface area contributed by atoms with Gasteiger partial charge in [-0.2, -0.15) is 0 Å². The van der Waals surface area contributed by atoms with Crippen molar-refractivity contribution >= 4 is 5.71 Å². The first kappa shape index (κ1) is 8.91. The minimum absolute atomic E-state index is 0.876. The van der Waals surface area contributed by atoms with Crippen molar-refractivity contribution in [1.82, 2.24) is 4.90 Å². The first-order chi connectivity index (χ1) is 6.45. The van der Waals surface area contributed by atoms with Gasteiger partial charge in [-0.3, -0.25) is 9.89 Å². The fraction of sp³-hybridized carbons (Fsp3) is 0.700. The highest BCUT2D eigenvalue weighted by atomic mass is 16.5. The van der Waals surface area contributed by atoms with Crippen LogP contribution in [0.15, 0.2) is 17.3 Å². The standard InChI is InChI=1S/C10H16N2O/c1-3-10(11-4-1)9-12-5-2-7-13-8-6-12/h1,4H,2-3,5-9H2. The summed E-state index contributed by atoms with van der Waals surface area (Å²) in [5, 5.41) is 0. The Balaban J connectivity index is 1.79. The van der Waals surface area contributed by atoms with E-state index in [1.807, 2.05) is 6.20 Å². The third-order valence-electron chi connectivity index (χ3n) is 2.44. The zero-order valence-electron chi connectivity index (χ0n) is 7.91. The molecule has 0 bridgehead atoms. The Morgan fingerprint density at radius 1 is 1.38 bits per heavy atom. The third-order valence-corrected chi connectivity index (χ3v) is 2.44. The quantitative estimate of drug-likeness (QED) is 0.635. The maximum Gasteiger partial charge on any atom is 0.0593 e. The molecule has 3 heteroatoms. The lowest BCUT2D eigenvalue weighted by molar-refractivity contribution is 0.143. The first-order valence-corrected chi connectivity index (χ1v) is 4.96. The van der Waals surface area contributed by atoms with Gasteiger partial charge in [0.2, 0.25) is 0 Å². The van der Waals surface area contributed by atoms with Gasteiger partial charge in [-0.25, -0.2) is 0 Å². The second-order valence-corrected chi connectivity index (χ2v) is 3.53. The van der Waals surface area contributed by atoms with Gasteiger partial charge in [0, 0.05) is 44.6 Å². The molecule has 2 rings (SSSR count). The topological polar surface area (TPSA) is 24.8 Å². The third kappa shape index (κ3) is 2.64. The van der Waals surface area contributed by atoms with Gasteiger partial charge in [-0.05, 0) is 6.42 Å². The number of allylic oxidation sites excluding steroid dienone is 1. The van der Waals surface area contributed by atoms with Crippen molar-refractivity contribution in [1.29, 1.82) is 0 Å². The summed E-state index contributed by atoms with van der Waals surface area (Å²) in [5.74, 6) is 0. The molecule has 3 nitrogen and oxygen atoms in total. The van der Waals surface area contributed by atoms with Crippen LogP contribution in [0.5, 0.6) is 0 Å². The molecule has 13 heavy (non-hydrogen) atoms. The largest absolute Gasteiger partial charge is 0.380 e. The summed E-state index contributed by atoms with van der Waals surface area (Å²) in [6, 6.07) is 0. The highest BCUT2D eigenvalue weighted by Gasteiger charge is 2.11. The maximum atomic E-state index is 5.39. The number of nitrogens with zero attached hydrogens (tertiary/aromatic N) is 2. The second kappa shape index (κ2) is 4.53. The van der Waals surface area contributed by atoms with Crippen LogP contribution in [0.2, 0.25) is 0 Å². The summed E-state index contributed by atoms with van der Waals surface area (Å²) in [6.07, 6.45) is 6.21. The predicted octanol–water partition coefficient (Wildman–Crippen LogP) is 1.07. The zero-order valence-corrected chi connectivity index (χ0v) is 7.91. The summed E-state index contributed by atoms with van der Waals surface area (Å²) in [7, 11) is 0. The molecule has 2 aliphatic rings. The van der Waals surface area contributed by atoms with Gasteiger partial charge in [0.15, 0.2) is 0 Å². The number of rotatable bonds is 2. The van der Waals surface area contributed by atoms with Gasteiger partial charge in [-0.15, -0.1) is 0 Å². The molecule has 0 amide bonds. The molecule has 0 aliphatic carbocycles. The predicted molar refractivity (Wildman–Crippen MR) is 53.1 cm³/mol. The van der Waals surface area contributed by atoms with Crippen LogP contribution < -0.4 is 0 Å².